The highest BCUT2D eigenvalue weighted by atomic mass is 127. The average molecular weight is 525 g/mol. The van der Waals surface area contributed by atoms with Gasteiger partial charge in [-0.1, -0.05) is 32.9 Å². The average Bonchev–Trinajstić information content (AvgIpc) is 2.57. The Bertz CT molecular complexity index is 711. The molecule has 0 aliphatic carbocycles. The van der Waals surface area contributed by atoms with Crippen LogP contribution in [-0.2, 0) is 16.6 Å². The normalized spacial score (nSPS) is 13.8. The van der Waals surface area contributed by atoms with Crippen LogP contribution in [0.15, 0.2) is 34.2 Å². The van der Waals surface area contributed by atoms with Gasteiger partial charge in [0.1, 0.15) is 0 Å². The number of aliphatic imine (C=N–C) groups is 1. The minimum Gasteiger partial charge on any atom is -0.357 e. The first-order valence-corrected chi connectivity index (χ1v) is 11.0. The molecule has 8 heteroatoms. The summed E-state index contributed by atoms with van der Waals surface area (Å²) in [4.78, 5) is 4.92. The van der Waals surface area contributed by atoms with Crippen LogP contribution in [0.1, 0.15) is 53.0 Å². The second-order valence-corrected chi connectivity index (χ2v) is 10.4. The molecule has 6 nitrogen and oxygen atoms in total. The van der Waals surface area contributed by atoms with Gasteiger partial charge in [0.05, 0.1) is 11.4 Å². The Labute approximate surface area is 188 Å². The summed E-state index contributed by atoms with van der Waals surface area (Å²) in [6.45, 7) is 12.2. The smallest absolute Gasteiger partial charge is 0.242 e. The third-order valence-electron chi connectivity index (χ3n) is 4.18. The van der Waals surface area contributed by atoms with Crippen molar-refractivity contribution in [2.45, 2.75) is 64.9 Å². The number of halogens is 1. The summed E-state index contributed by atoms with van der Waals surface area (Å²) in [5.41, 5.74) is 1.28. The van der Waals surface area contributed by atoms with Crippen molar-refractivity contribution in [2.24, 2.45) is 10.4 Å². The first-order chi connectivity index (χ1) is 12.5. The molecule has 1 aromatic rings. The van der Waals surface area contributed by atoms with E-state index in [0.717, 1.165) is 30.9 Å². The lowest BCUT2D eigenvalue weighted by Gasteiger charge is -2.23. The number of rotatable bonds is 8. The number of nitrogens with one attached hydrogen (secondary N) is 2. The summed E-state index contributed by atoms with van der Waals surface area (Å²) in [5.74, 6) is 0.781. The molecule has 1 atom stereocenters. The van der Waals surface area contributed by atoms with Crippen LogP contribution in [0.2, 0.25) is 0 Å². The maximum atomic E-state index is 12.1. The molecule has 1 unspecified atom stereocenters. The summed E-state index contributed by atoms with van der Waals surface area (Å²) < 4.78 is 25.5. The van der Waals surface area contributed by atoms with E-state index in [2.05, 4.69) is 43.3 Å². The first-order valence-electron chi connectivity index (χ1n) is 9.52. The zero-order valence-electron chi connectivity index (χ0n) is 18.2. The van der Waals surface area contributed by atoms with Crippen molar-refractivity contribution in [1.29, 1.82) is 0 Å². The fourth-order valence-corrected chi connectivity index (χ4v) is 3.32. The van der Waals surface area contributed by atoms with E-state index in [1.165, 1.54) is 18.4 Å². The van der Waals surface area contributed by atoms with Crippen molar-refractivity contribution >= 4 is 40.0 Å². The van der Waals surface area contributed by atoms with E-state index < -0.39 is 10.0 Å². The number of guanidine groups is 1. The number of benzene rings is 1. The second-order valence-electron chi connectivity index (χ2n) is 8.27. The highest BCUT2D eigenvalue weighted by Gasteiger charge is 2.16. The van der Waals surface area contributed by atoms with Crippen molar-refractivity contribution < 1.29 is 8.42 Å². The molecule has 0 saturated carbocycles. The van der Waals surface area contributed by atoms with Gasteiger partial charge in [-0.3, -0.25) is 0 Å². The molecule has 0 aliphatic rings. The molecule has 0 fully saturated rings. The van der Waals surface area contributed by atoms with Crippen LogP contribution < -0.4 is 10.6 Å². The quantitative estimate of drug-likeness (QED) is 0.308. The molecule has 0 bridgehead atoms. The van der Waals surface area contributed by atoms with Crippen LogP contribution >= 0.6 is 24.0 Å². The van der Waals surface area contributed by atoms with Gasteiger partial charge < -0.3 is 10.6 Å². The third kappa shape index (κ3) is 9.56. The van der Waals surface area contributed by atoms with Crippen molar-refractivity contribution in [3.63, 3.8) is 0 Å². The van der Waals surface area contributed by atoms with Crippen LogP contribution in [0.25, 0.3) is 0 Å². The minimum atomic E-state index is -3.40. The summed E-state index contributed by atoms with van der Waals surface area (Å²) in [7, 11) is -0.334. The van der Waals surface area contributed by atoms with E-state index in [0.29, 0.717) is 22.9 Å². The van der Waals surface area contributed by atoms with Gasteiger partial charge in [0.2, 0.25) is 10.0 Å². The van der Waals surface area contributed by atoms with Crippen LogP contribution in [0, 0.1) is 5.41 Å². The molecule has 162 valence electrons. The molecule has 1 aromatic carbocycles. The van der Waals surface area contributed by atoms with Gasteiger partial charge in [-0.05, 0) is 49.8 Å². The van der Waals surface area contributed by atoms with Crippen LogP contribution in [0.5, 0.6) is 0 Å². The molecule has 28 heavy (non-hydrogen) atoms. The predicted molar refractivity (Wildman–Crippen MR) is 129 cm³/mol. The highest BCUT2D eigenvalue weighted by Crippen LogP contribution is 2.21. The van der Waals surface area contributed by atoms with Crippen LogP contribution in [0.3, 0.4) is 0 Å². The van der Waals surface area contributed by atoms with Gasteiger partial charge >= 0.3 is 0 Å². The zero-order valence-corrected chi connectivity index (χ0v) is 21.4. The number of nitrogens with zero attached hydrogens (tertiary/aromatic N) is 2. The topological polar surface area (TPSA) is 73.8 Å². The van der Waals surface area contributed by atoms with Gasteiger partial charge in [-0.25, -0.2) is 17.7 Å². The van der Waals surface area contributed by atoms with E-state index in [-0.39, 0.29) is 24.0 Å². The van der Waals surface area contributed by atoms with Gasteiger partial charge in [-0.15, -0.1) is 24.0 Å². The van der Waals surface area contributed by atoms with Crippen molar-refractivity contribution in [2.75, 3.05) is 20.6 Å². The lowest BCUT2D eigenvalue weighted by Crippen LogP contribution is -2.42. The molecular formula is C20H37IN4O2S. The number of hydrogen-bond acceptors (Lipinski definition) is 3. The lowest BCUT2D eigenvalue weighted by atomic mass is 9.89. The number of sulfonamides is 1. The lowest BCUT2D eigenvalue weighted by molar-refractivity contribution is 0.346. The monoisotopic (exact) mass is 524 g/mol. The Balaban J connectivity index is 0.00000729. The Morgan fingerprint density at radius 3 is 2.21 bits per heavy atom. The van der Waals surface area contributed by atoms with E-state index in [9.17, 15) is 8.42 Å². The molecule has 0 saturated heterocycles. The Morgan fingerprint density at radius 1 is 1.18 bits per heavy atom. The van der Waals surface area contributed by atoms with E-state index in [4.69, 9.17) is 0 Å². The Hall–Kier alpha value is -0.870. The minimum absolute atomic E-state index is 0. The summed E-state index contributed by atoms with van der Waals surface area (Å²) in [6, 6.07) is 7.22. The maximum absolute atomic E-state index is 12.1. The highest BCUT2D eigenvalue weighted by molar-refractivity contribution is 14.0. The third-order valence-corrected chi connectivity index (χ3v) is 6.01. The summed E-state index contributed by atoms with van der Waals surface area (Å²) in [5, 5.41) is 6.72. The fourth-order valence-electron chi connectivity index (χ4n) is 2.42. The van der Waals surface area contributed by atoms with E-state index >= 15 is 0 Å². The van der Waals surface area contributed by atoms with Crippen molar-refractivity contribution in [3.05, 3.63) is 29.8 Å². The van der Waals surface area contributed by atoms with Crippen LogP contribution in [-0.4, -0.2) is 45.4 Å². The standard InChI is InChI=1S/C20H36N4O2S.HI/c1-8-21-19(23-16(2)13-14-20(3,4)5)22-15-17-9-11-18(12-10-17)27(25,26)24(6)7;/h9-12,16H,8,13-15H2,1-7H3,(H2,21,22,23);1H. The molecule has 0 amide bonds. The molecule has 0 spiro atoms. The largest absolute Gasteiger partial charge is 0.357 e. The van der Waals surface area contributed by atoms with Crippen molar-refractivity contribution in [1.82, 2.24) is 14.9 Å². The molecular weight excluding hydrogens is 487 g/mol. The maximum Gasteiger partial charge on any atom is 0.242 e. The number of hydrogen-bond donors (Lipinski definition) is 2. The van der Waals surface area contributed by atoms with E-state index in [1.807, 2.05) is 19.1 Å². The van der Waals surface area contributed by atoms with Gasteiger partial charge in [0.15, 0.2) is 5.96 Å². The molecule has 0 aromatic heterocycles. The fraction of sp³-hybridized carbons (Fsp3) is 0.650. The van der Waals surface area contributed by atoms with Gasteiger partial charge in [0.25, 0.3) is 0 Å². The van der Waals surface area contributed by atoms with Crippen molar-refractivity contribution in [3.8, 4) is 0 Å². The predicted octanol–water partition coefficient (Wildman–Crippen LogP) is 3.82. The Kier molecular flexibility index (Phi) is 11.6. The van der Waals surface area contributed by atoms with Gasteiger partial charge in [0, 0.05) is 26.7 Å². The summed E-state index contributed by atoms with van der Waals surface area (Å²) >= 11 is 0. The SMILES string of the molecule is CCNC(=NCc1ccc(S(=O)(=O)N(C)C)cc1)NC(C)CCC(C)(C)C.I. The van der Waals surface area contributed by atoms with E-state index in [1.54, 1.807) is 12.1 Å². The molecule has 0 radical (unpaired) electrons. The second kappa shape index (κ2) is 12.0. The Morgan fingerprint density at radius 2 is 1.75 bits per heavy atom. The molecule has 0 heterocycles. The molecule has 1 rings (SSSR count). The molecule has 2 N–H and O–H groups in total. The molecule has 0 aliphatic heterocycles. The summed E-state index contributed by atoms with van der Waals surface area (Å²) in [6.07, 6.45) is 2.22. The zero-order chi connectivity index (χ0) is 20.7. The van der Waals surface area contributed by atoms with Gasteiger partial charge in [-0.2, -0.15) is 0 Å². The van der Waals surface area contributed by atoms with Crippen LogP contribution in [0.4, 0.5) is 0 Å². The first kappa shape index (κ1) is 27.1.